The fourth-order valence-electron chi connectivity index (χ4n) is 3.14. The number of aromatic nitrogens is 3. The molecular formula is C25H24N4OS. The molecule has 5 nitrogen and oxygen atoms in total. The molecule has 0 aliphatic heterocycles. The zero-order valence-electron chi connectivity index (χ0n) is 17.7. The molecule has 156 valence electrons. The predicted octanol–water partition coefficient (Wildman–Crippen LogP) is 5.67. The van der Waals surface area contributed by atoms with Gasteiger partial charge < -0.3 is 5.32 Å². The molecule has 1 unspecified atom stereocenters. The number of hydrogen-bond donors (Lipinski definition) is 1. The highest BCUT2D eigenvalue weighted by Crippen LogP contribution is 2.30. The first kappa shape index (κ1) is 20.9. The zero-order valence-corrected chi connectivity index (χ0v) is 18.6. The molecule has 6 heteroatoms. The highest BCUT2D eigenvalue weighted by molar-refractivity contribution is 8.00. The number of benzene rings is 3. The van der Waals surface area contributed by atoms with E-state index in [4.69, 9.17) is 0 Å². The molecular weight excluding hydrogens is 404 g/mol. The van der Waals surface area contributed by atoms with E-state index in [0.29, 0.717) is 5.16 Å². The van der Waals surface area contributed by atoms with Gasteiger partial charge in [0.15, 0.2) is 11.0 Å². The van der Waals surface area contributed by atoms with Crippen molar-refractivity contribution in [3.05, 3.63) is 90.0 Å². The summed E-state index contributed by atoms with van der Waals surface area (Å²) in [4.78, 5) is 12.8. The number of thioether (sulfide) groups is 1. The number of amides is 1. The van der Waals surface area contributed by atoms with E-state index >= 15 is 0 Å². The van der Waals surface area contributed by atoms with Crippen molar-refractivity contribution in [3.63, 3.8) is 0 Å². The monoisotopic (exact) mass is 428 g/mol. The number of hydrogen-bond acceptors (Lipinski definition) is 4. The number of rotatable bonds is 6. The van der Waals surface area contributed by atoms with Crippen molar-refractivity contribution in [1.29, 1.82) is 0 Å². The molecule has 1 aromatic heterocycles. The van der Waals surface area contributed by atoms with Crippen LogP contribution in [0.25, 0.3) is 17.1 Å². The van der Waals surface area contributed by atoms with Gasteiger partial charge in [0.2, 0.25) is 5.91 Å². The summed E-state index contributed by atoms with van der Waals surface area (Å²) in [5, 5.41) is 12.2. The normalized spacial score (nSPS) is 11.8. The Morgan fingerprint density at radius 3 is 2.13 bits per heavy atom. The first-order chi connectivity index (χ1) is 15.0. The number of anilines is 1. The molecule has 4 aromatic rings. The summed E-state index contributed by atoms with van der Waals surface area (Å²) in [5.74, 6) is 0.674. The quantitative estimate of drug-likeness (QED) is 0.402. The number of aryl methyl sites for hydroxylation is 2. The van der Waals surface area contributed by atoms with Crippen LogP contribution in [-0.4, -0.2) is 25.9 Å². The van der Waals surface area contributed by atoms with Gasteiger partial charge in [0.05, 0.1) is 5.25 Å². The third-order valence-electron chi connectivity index (χ3n) is 4.93. The summed E-state index contributed by atoms with van der Waals surface area (Å²) in [7, 11) is 0. The van der Waals surface area contributed by atoms with E-state index < -0.39 is 0 Å². The maximum absolute atomic E-state index is 12.8. The molecule has 0 saturated heterocycles. The third kappa shape index (κ3) is 4.86. The van der Waals surface area contributed by atoms with Gasteiger partial charge in [-0.1, -0.05) is 77.5 Å². The molecule has 1 heterocycles. The van der Waals surface area contributed by atoms with Gasteiger partial charge in [-0.25, -0.2) is 0 Å². The van der Waals surface area contributed by atoms with Crippen LogP contribution in [0, 0.1) is 13.8 Å². The lowest BCUT2D eigenvalue weighted by Crippen LogP contribution is -2.22. The standard InChI is InChI=1S/C25H24N4OS/c1-17-9-13-20(14-10-17)23-27-28-25(29(23)22-7-5-4-6-8-22)31-19(3)24(30)26-21-15-11-18(2)12-16-21/h4-16,19H,1-3H3,(H,26,30). The fraction of sp³-hybridized carbons (Fsp3) is 0.160. The first-order valence-electron chi connectivity index (χ1n) is 10.1. The van der Waals surface area contributed by atoms with Gasteiger partial charge in [-0.3, -0.25) is 9.36 Å². The smallest absolute Gasteiger partial charge is 0.237 e. The van der Waals surface area contributed by atoms with Gasteiger partial charge in [0.1, 0.15) is 0 Å². The maximum atomic E-state index is 12.8. The molecule has 0 spiro atoms. The van der Waals surface area contributed by atoms with Crippen LogP contribution in [0.5, 0.6) is 0 Å². The van der Waals surface area contributed by atoms with E-state index in [1.807, 2.05) is 85.1 Å². The molecule has 1 amide bonds. The molecule has 0 aliphatic rings. The Hall–Kier alpha value is -3.38. The maximum Gasteiger partial charge on any atom is 0.237 e. The Bertz CT molecular complexity index is 1170. The fourth-order valence-corrected chi connectivity index (χ4v) is 4.01. The van der Waals surface area contributed by atoms with Crippen molar-refractivity contribution in [2.75, 3.05) is 5.32 Å². The average Bonchev–Trinajstić information content (AvgIpc) is 3.19. The summed E-state index contributed by atoms with van der Waals surface area (Å²) in [6.07, 6.45) is 0. The van der Waals surface area contributed by atoms with Crippen molar-refractivity contribution in [3.8, 4) is 17.1 Å². The molecule has 1 N–H and O–H groups in total. The van der Waals surface area contributed by atoms with Crippen molar-refractivity contribution in [1.82, 2.24) is 14.8 Å². The van der Waals surface area contributed by atoms with Gasteiger partial charge in [0.25, 0.3) is 0 Å². The Balaban J connectivity index is 1.62. The molecule has 1 atom stereocenters. The largest absolute Gasteiger partial charge is 0.325 e. The number of carbonyl (C=O) groups excluding carboxylic acids is 1. The topological polar surface area (TPSA) is 59.8 Å². The second-order valence-electron chi connectivity index (χ2n) is 7.46. The molecule has 0 bridgehead atoms. The highest BCUT2D eigenvalue weighted by atomic mass is 32.2. The molecule has 0 aliphatic carbocycles. The molecule has 0 fully saturated rings. The van der Waals surface area contributed by atoms with Crippen LogP contribution in [-0.2, 0) is 4.79 Å². The Morgan fingerprint density at radius 2 is 1.48 bits per heavy atom. The number of carbonyl (C=O) groups is 1. The van der Waals surface area contributed by atoms with Crippen LogP contribution < -0.4 is 5.32 Å². The van der Waals surface area contributed by atoms with Crippen LogP contribution in [0.15, 0.2) is 84.0 Å². The van der Waals surface area contributed by atoms with Crippen molar-refractivity contribution in [2.45, 2.75) is 31.2 Å². The van der Waals surface area contributed by atoms with E-state index in [1.165, 1.54) is 17.3 Å². The van der Waals surface area contributed by atoms with Crippen LogP contribution in [0.4, 0.5) is 5.69 Å². The van der Waals surface area contributed by atoms with E-state index in [1.54, 1.807) is 0 Å². The number of nitrogens with one attached hydrogen (secondary N) is 1. The second kappa shape index (κ2) is 9.18. The summed E-state index contributed by atoms with van der Waals surface area (Å²) in [5.41, 5.74) is 5.06. The Labute approximate surface area is 186 Å². The molecule has 4 rings (SSSR count). The predicted molar refractivity (Wildman–Crippen MR) is 127 cm³/mol. The minimum absolute atomic E-state index is 0.0756. The number of nitrogens with zero attached hydrogens (tertiary/aromatic N) is 3. The first-order valence-corrected chi connectivity index (χ1v) is 11.0. The highest BCUT2D eigenvalue weighted by Gasteiger charge is 2.22. The minimum Gasteiger partial charge on any atom is -0.325 e. The van der Waals surface area contributed by atoms with E-state index in [-0.39, 0.29) is 11.2 Å². The summed E-state index contributed by atoms with van der Waals surface area (Å²) >= 11 is 1.39. The molecule has 0 saturated carbocycles. The Morgan fingerprint density at radius 1 is 0.871 bits per heavy atom. The van der Waals surface area contributed by atoms with Gasteiger partial charge in [-0.15, -0.1) is 10.2 Å². The summed E-state index contributed by atoms with van der Waals surface area (Å²) in [6.45, 7) is 5.96. The second-order valence-corrected chi connectivity index (χ2v) is 8.77. The SMILES string of the molecule is Cc1ccc(NC(=O)C(C)Sc2nnc(-c3ccc(C)cc3)n2-c2ccccc2)cc1. The van der Waals surface area contributed by atoms with Crippen molar-refractivity contribution in [2.24, 2.45) is 0 Å². The minimum atomic E-state index is -0.348. The molecule has 31 heavy (non-hydrogen) atoms. The lowest BCUT2D eigenvalue weighted by Gasteiger charge is -2.14. The third-order valence-corrected chi connectivity index (χ3v) is 5.97. The van der Waals surface area contributed by atoms with Crippen molar-refractivity contribution >= 4 is 23.4 Å². The lowest BCUT2D eigenvalue weighted by molar-refractivity contribution is -0.115. The summed E-state index contributed by atoms with van der Waals surface area (Å²) in [6, 6.07) is 26.0. The van der Waals surface area contributed by atoms with E-state index in [2.05, 4.69) is 34.6 Å². The van der Waals surface area contributed by atoms with Gasteiger partial charge in [-0.05, 0) is 45.0 Å². The average molecular weight is 429 g/mol. The Kier molecular flexibility index (Phi) is 6.18. The van der Waals surface area contributed by atoms with Crippen LogP contribution in [0.2, 0.25) is 0 Å². The van der Waals surface area contributed by atoms with Crippen LogP contribution >= 0.6 is 11.8 Å². The van der Waals surface area contributed by atoms with Gasteiger partial charge >= 0.3 is 0 Å². The summed E-state index contributed by atoms with van der Waals surface area (Å²) < 4.78 is 2.00. The van der Waals surface area contributed by atoms with Crippen molar-refractivity contribution < 1.29 is 4.79 Å². The van der Waals surface area contributed by atoms with Crippen LogP contribution in [0.3, 0.4) is 0 Å². The van der Waals surface area contributed by atoms with Crippen LogP contribution in [0.1, 0.15) is 18.1 Å². The van der Waals surface area contributed by atoms with E-state index in [9.17, 15) is 4.79 Å². The van der Waals surface area contributed by atoms with Gasteiger partial charge in [-0.2, -0.15) is 0 Å². The van der Waals surface area contributed by atoms with E-state index in [0.717, 1.165) is 28.3 Å². The lowest BCUT2D eigenvalue weighted by atomic mass is 10.1. The number of para-hydroxylation sites is 1. The molecule has 3 aromatic carbocycles. The van der Waals surface area contributed by atoms with Gasteiger partial charge in [0, 0.05) is 16.9 Å². The molecule has 0 radical (unpaired) electrons. The zero-order chi connectivity index (χ0) is 21.8.